The number of morpholine rings is 1. The van der Waals surface area contributed by atoms with Gasteiger partial charge in [0.05, 0.1) is 38.5 Å². The molecule has 0 aliphatic carbocycles. The largest absolute Gasteiger partial charge is 0.497 e. The average molecular weight is 476 g/mol. The zero-order valence-electron chi connectivity index (χ0n) is 16.9. The summed E-state index contributed by atoms with van der Waals surface area (Å²) < 4.78 is 11.4. The molecule has 1 heterocycles. The maximum atomic E-state index is 12.4. The van der Waals surface area contributed by atoms with Crippen LogP contribution in [0.3, 0.4) is 0 Å². The second-order valence-corrected chi connectivity index (χ2v) is 7.76. The molecule has 1 aliphatic rings. The first kappa shape index (κ1) is 22.3. The van der Waals surface area contributed by atoms with Gasteiger partial charge in [0, 0.05) is 24.1 Å². The van der Waals surface area contributed by atoms with Crippen LogP contribution in [0.25, 0.3) is 0 Å². The van der Waals surface area contributed by atoms with Crippen LogP contribution in [0.5, 0.6) is 5.75 Å². The zero-order chi connectivity index (χ0) is 21.3. The average Bonchev–Trinajstić information content (AvgIpc) is 2.79. The lowest BCUT2D eigenvalue weighted by molar-refractivity contribution is -0.120. The van der Waals surface area contributed by atoms with Crippen LogP contribution in [0, 0.1) is 0 Å². The van der Waals surface area contributed by atoms with Crippen molar-refractivity contribution in [3.8, 4) is 5.75 Å². The molecule has 0 aromatic heterocycles. The molecule has 2 aromatic rings. The maximum Gasteiger partial charge on any atom is 0.252 e. The predicted molar refractivity (Wildman–Crippen MR) is 118 cm³/mol. The van der Waals surface area contributed by atoms with Gasteiger partial charge in [0.15, 0.2) is 0 Å². The van der Waals surface area contributed by atoms with Crippen molar-refractivity contribution in [3.05, 3.63) is 64.1 Å². The highest BCUT2D eigenvalue weighted by Gasteiger charge is 2.23. The summed E-state index contributed by atoms with van der Waals surface area (Å²) in [6.45, 7) is 3.29. The van der Waals surface area contributed by atoms with Gasteiger partial charge in [-0.1, -0.05) is 24.3 Å². The molecule has 0 unspecified atom stereocenters. The minimum absolute atomic E-state index is 0.0164. The van der Waals surface area contributed by atoms with Gasteiger partial charge < -0.3 is 20.1 Å². The Kier molecular flexibility index (Phi) is 8.24. The molecular weight excluding hydrogens is 450 g/mol. The van der Waals surface area contributed by atoms with Gasteiger partial charge >= 0.3 is 0 Å². The van der Waals surface area contributed by atoms with Crippen LogP contribution in [-0.4, -0.2) is 63.2 Å². The Morgan fingerprint density at radius 2 is 1.80 bits per heavy atom. The van der Waals surface area contributed by atoms with Crippen LogP contribution in [0.2, 0.25) is 0 Å². The standard InChI is InChI=1S/C22H26BrN3O4/c1-29-17-8-6-16(7-9-17)20(26-10-12-30-13-11-26)14-24-21(27)15-25-22(28)18-4-2-3-5-19(18)23/h2-9,20H,10-15H2,1H3,(H,24,27)(H,25,28)/t20-/m1/s1. The van der Waals surface area contributed by atoms with E-state index < -0.39 is 0 Å². The monoisotopic (exact) mass is 475 g/mol. The van der Waals surface area contributed by atoms with E-state index in [0.29, 0.717) is 29.8 Å². The number of nitrogens with zero attached hydrogens (tertiary/aromatic N) is 1. The number of carbonyl (C=O) groups excluding carboxylic acids is 2. The summed E-state index contributed by atoms with van der Waals surface area (Å²) >= 11 is 3.35. The maximum absolute atomic E-state index is 12.4. The van der Waals surface area contributed by atoms with E-state index in [9.17, 15) is 9.59 Å². The van der Waals surface area contributed by atoms with Crippen LogP contribution in [-0.2, 0) is 9.53 Å². The molecule has 1 aliphatic heterocycles. The number of nitrogens with one attached hydrogen (secondary N) is 2. The first-order valence-corrected chi connectivity index (χ1v) is 10.6. The predicted octanol–water partition coefficient (Wildman–Crippen LogP) is 2.38. The third-order valence-corrected chi connectivity index (χ3v) is 5.70. The summed E-state index contributed by atoms with van der Waals surface area (Å²) in [5.41, 5.74) is 1.59. The molecule has 2 aromatic carbocycles. The molecule has 0 radical (unpaired) electrons. The van der Waals surface area contributed by atoms with Gasteiger partial charge in [0.2, 0.25) is 5.91 Å². The normalized spacial score (nSPS) is 15.3. The molecule has 30 heavy (non-hydrogen) atoms. The van der Waals surface area contributed by atoms with Crippen molar-refractivity contribution in [3.63, 3.8) is 0 Å². The van der Waals surface area contributed by atoms with Crippen molar-refractivity contribution in [1.29, 1.82) is 0 Å². The Labute approximate surface area is 184 Å². The first-order valence-electron chi connectivity index (χ1n) is 9.83. The van der Waals surface area contributed by atoms with Crippen LogP contribution < -0.4 is 15.4 Å². The number of hydrogen-bond acceptors (Lipinski definition) is 5. The Morgan fingerprint density at radius 3 is 2.47 bits per heavy atom. The smallest absolute Gasteiger partial charge is 0.252 e. The fraction of sp³-hybridized carbons (Fsp3) is 0.364. The lowest BCUT2D eigenvalue weighted by Gasteiger charge is -2.35. The Morgan fingerprint density at radius 1 is 1.10 bits per heavy atom. The molecule has 160 valence electrons. The van der Waals surface area contributed by atoms with Crippen molar-refractivity contribution < 1.29 is 19.1 Å². The minimum Gasteiger partial charge on any atom is -0.497 e. The Hall–Kier alpha value is -2.42. The second kappa shape index (κ2) is 11.1. The fourth-order valence-corrected chi connectivity index (χ4v) is 3.81. The van der Waals surface area contributed by atoms with Crippen LogP contribution >= 0.6 is 15.9 Å². The van der Waals surface area contributed by atoms with Gasteiger partial charge in [-0.05, 0) is 45.8 Å². The van der Waals surface area contributed by atoms with E-state index >= 15 is 0 Å². The lowest BCUT2D eigenvalue weighted by atomic mass is 10.0. The molecule has 2 amide bonds. The number of carbonyl (C=O) groups is 2. The van der Waals surface area contributed by atoms with E-state index in [1.165, 1.54) is 0 Å². The van der Waals surface area contributed by atoms with E-state index in [1.54, 1.807) is 25.3 Å². The van der Waals surface area contributed by atoms with E-state index in [0.717, 1.165) is 24.4 Å². The molecule has 7 nitrogen and oxygen atoms in total. The van der Waals surface area contributed by atoms with Crippen LogP contribution in [0.15, 0.2) is 53.0 Å². The zero-order valence-corrected chi connectivity index (χ0v) is 18.5. The van der Waals surface area contributed by atoms with Crippen molar-refractivity contribution in [1.82, 2.24) is 15.5 Å². The summed E-state index contributed by atoms with van der Waals surface area (Å²) in [5, 5.41) is 5.62. The van der Waals surface area contributed by atoms with Gasteiger partial charge in [-0.25, -0.2) is 0 Å². The number of hydrogen-bond donors (Lipinski definition) is 2. The third-order valence-electron chi connectivity index (χ3n) is 5.01. The van der Waals surface area contributed by atoms with Crippen molar-refractivity contribution in [2.45, 2.75) is 6.04 Å². The Bertz CT molecular complexity index is 854. The molecular formula is C22H26BrN3O4. The summed E-state index contributed by atoms with van der Waals surface area (Å²) in [6.07, 6.45) is 0. The van der Waals surface area contributed by atoms with Gasteiger partial charge in [-0.3, -0.25) is 14.5 Å². The number of ether oxygens (including phenoxy) is 2. The van der Waals surface area contributed by atoms with Crippen LogP contribution in [0.4, 0.5) is 0 Å². The summed E-state index contributed by atoms with van der Waals surface area (Å²) in [7, 11) is 1.64. The van der Waals surface area contributed by atoms with Gasteiger partial charge in [0.1, 0.15) is 5.75 Å². The molecule has 1 fully saturated rings. The summed E-state index contributed by atoms with van der Waals surface area (Å²) in [4.78, 5) is 27.0. The van der Waals surface area contributed by atoms with Crippen molar-refractivity contribution in [2.75, 3.05) is 46.5 Å². The molecule has 3 rings (SSSR count). The number of benzene rings is 2. The third kappa shape index (κ3) is 6.04. The summed E-state index contributed by atoms with van der Waals surface area (Å²) in [5.74, 6) is 0.262. The SMILES string of the molecule is COc1ccc([C@@H](CNC(=O)CNC(=O)c2ccccc2Br)N2CCOCC2)cc1. The highest BCUT2D eigenvalue weighted by molar-refractivity contribution is 9.10. The molecule has 0 saturated carbocycles. The van der Waals surface area contributed by atoms with E-state index in [2.05, 4.69) is 31.5 Å². The molecule has 8 heteroatoms. The van der Waals surface area contributed by atoms with E-state index in [4.69, 9.17) is 9.47 Å². The number of methoxy groups -OCH3 is 1. The van der Waals surface area contributed by atoms with Gasteiger partial charge in [-0.2, -0.15) is 0 Å². The molecule has 2 N–H and O–H groups in total. The molecule has 1 atom stereocenters. The Balaban J connectivity index is 1.58. The first-order chi connectivity index (χ1) is 14.6. The van der Waals surface area contributed by atoms with Gasteiger partial charge in [0.25, 0.3) is 5.91 Å². The topological polar surface area (TPSA) is 79.9 Å². The van der Waals surface area contributed by atoms with Crippen molar-refractivity contribution >= 4 is 27.7 Å². The number of halogens is 1. The van der Waals surface area contributed by atoms with Gasteiger partial charge in [-0.15, -0.1) is 0 Å². The quantitative estimate of drug-likeness (QED) is 0.612. The lowest BCUT2D eigenvalue weighted by Crippen LogP contribution is -2.45. The van der Waals surface area contributed by atoms with E-state index in [-0.39, 0.29) is 24.4 Å². The fourth-order valence-electron chi connectivity index (χ4n) is 3.35. The molecule has 1 saturated heterocycles. The van der Waals surface area contributed by atoms with Crippen molar-refractivity contribution in [2.24, 2.45) is 0 Å². The van der Waals surface area contributed by atoms with Crippen LogP contribution in [0.1, 0.15) is 22.0 Å². The molecule has 0 bridgehead atoms. The highest BCUT2D eigenvalue weighted by Crippen LogP contribution is 2.23. The summed E-state index contributed by atoms with van der Waals surface area (Å²) in [6, 6.07) is 15.0. The highest BCUT2D eigenvalue weighted by atomic mass is 79.9. The molecule has 0 spiro atoms. The minimum atomic E-state index is -0.294. The van der Waals surface area contributed by atoms with E-state index in [1.807, 2.05) is 30.3 Å². The second-order valence-electron chi connectivity index (χ2n) is 6.90. The number of amides is 2. The number of rotatable bonds is 8.